The molecule has 5 nitrogen and oxygen atoms in total. The topological polar surface area (TPSA) is 85.4 Å². The lowest BCUT2D eigenvalue weighted by atomic mass is 10.1. The Morgan fingerprint density at radius 2 is 2.17 bits per heavy atom. The highest BCUT2D eigenvalue weighted by Gasteiger charge is 2.16. The van der Waals surface area contributed by atoms with Crippen molar-refractivity contribution in [3.8, 4) is 5.75 Å². The fourth-order valence-electron chi connectivity index (χ4n) is 1.72. The average Bonchev–Trinajstić information content (AvgIpc) is 2.38. The number of pyridine rings is 1. The highest BCUT2D eigenvalue weighted by Crippen LogP contribution is 2.26. The van der Waals surface area contributed by atoms with Gasteiger partial charge in [-0.15, -0.1) is 0 Å². The minimum atomic E-state index is -1.02. The van der Waals surface area contributed by atoms with Gasteiger partial charge < -0.3 is 15.6 Å². The summed E-state index contributed by atoms with van der Waals surface area (Å²) in [6, 6.07) is 7.09. The number of ether oxygens (including phenoxy) is 1. The zero-order chi connectivity index (χ0) is 13.0. The van der Waals surface area contributed by atoms with Gasteiger partial charge in [0.05, 0.1) is 18.3 Å². The van der Waals surface area contributed by atoms with Gasteiger partial charge in [0.1, 0.15) is 5.56 Å². The Hall–Kier alpha value is -2.14. The first-order chi connectivity index (χ1) is 8.74. The molecule has 0 aliphatic heterocycles. The molecule has 1 aromatic heterocycles. The minimum Gasteiger partial charge on any atom is -0.491 e. The normalized spacial score (nSPS) is 10.5. The number of aromatic nitrogens is 1. The fourth-order valence-corrected chi connectivity index (χ4v) is 1.72. The van der Waals surface area contributed by atoms with Crippen LogP contribution in [0.3, 0.4) is 0 Å². The van der Waals surface area contributed by atoms with Crippen LogP contribution in [0.25, 0.3) is 10.9 Å². The van der Waals surface area contributed by atoms with Crippen molar-refractivity contribution in [3.05, 3.63) is 36.0 Å². The van der Waals surface area contributed by atoms with E-state index in [2.05, 4.69) is 4.98 Å². The number of aromatic carboxylic acids is 1. The van der Waals surface area contributed by atoms with Crippen LogP contribution in [-0.4, -0.2) is 29.2 Å². The van der Waals surface area contributed by atoms with E-state index < -0.39 is 5.97 Å². The van der Waals surface area contributed by atoms with Crippen molar-refractivity contribution in [1.82, 2.24) is 4.98 Å². The molecule has 0 amide bonds. The van der Waals surface area contributed by atoms with E-state index in [0.717, 1.165) is 0 Å². The van der Waals surface area contributed by atoms with Gasteiger partial charge in [0.25, 0.3) is 0 Å². The van der Waals surface area contributed by atoms with Crippen LogP contribution in [0.1, 0.15) is 16.8 Å². The molecule has 94 valence electrons. The molecule has 18 heavy (non-hydrogen) atoms. The molecule has 0 aliphatic carbocycles. The average molecular weight is 246 g/mol. The summed E-state index contributed by atoms with van der Waals surface area (Å²) in [6.07, 6.45) is 2.12. The van der Waals surface area contributed by atoms with E-state index >= 15 is 0 Å². The van der Waals surface area contributed by atoms with Gasteiger partial charge in [0.2, 0.25) is 0 Å². The summed E-state index contributed by atoms with van der Waals surface area (Å²) in [7, 11) is 0. The summed E-state index contributed by atoms with van der Waals surface area (Å²) in [6.45, 7) is 0.889. The van der Waals surface area contributed by atoms with Gasteiger partial charge in [0.15, 0.2) is 5.75 Å². The number of hydrogen-bond donors (Lipinski definition) is 2. The van der Waals surface area contributed by atoms with Crippen molar-refractivity contribution in [2.45, 2.75) is 6.42 Å². The Labute approximate surface area is 104 Å². The van der Waals surface area contributed by atoms with Crippen LogP contribution in [0.4, 0.5) is 0 Å². The zero-order valence-electron chi connectivity index (χ0n) is 9.80. The predicted octanol–water partition coefficient (Wildman–Crippen LogP) is 1.66. The Balaban J connectivity index is 2.46. The van der Waals surface area contributed by atoms with Crippen LogP contribution in [0.2, 0.25) is 0 Å². The number of para-hydroxylation sites is 1. The predicted molar refractivity (Wildman–Crippen MR) is 67.9 cm³/mol. The Morgan fingerprint density at radius 3 is 2.89 bits per heavy atom. The molecule has 0 radical (unpaired) electrons. The molecule has 0 saturated heterocycles. The summed E-state index contributed by atoms with van der Waals surface area (Å²) in [4.78, 5) is 15.5. The van der Waals surface area contributed by atoms with E-state index in [0.29, 0.717) is 30.5 Å². The highest BCUT2D eigenvalue weighted by atomic mass is 16.5. The molecule has 2 rings (SSSR count). The van der Waals surface area contributed by atoms with Gasteiger partial charge in [0, 0.05) is 5.39 Å². The molecule has 0 saturated carbocycles. The van der Waals surface area contributed by atoms with Crippen LogP contribution >= 0.6 is 0 Å². The molecule has 3 N–H and O–H groups in total. The number of rotatable bonds is 5. The second-order valence-corrected chi connectivity index (χ2v) is 3.81. The van der Waals surface area contributed by atoms with E-state index in [1.54, 1.807) is 18.2 Å². The summed E-state index contributed by atoms with van der Waals surface area (Å²) >= 11 is 0. The van der Waals surface area contributed by atoms with Gasteiger partial charge in [-0.3, -0.25) is 4.98 Å². The molecule has 0 fully saturated rings. The first-order valence-corrected chi connectivity index (χ1v) is 5.68. The monoisotopic (exact) mass is 246 g/mol. The van der Waals surface area contributed by atoms with Crippen molar-refractivity contribution in [2.24, 2.45) is 5.73 Å². The molecule has 5 heteroatoms. The highest BCUT2D eigenvalue weighted by molar-refractivity contribution is 6.04. The van der Waals surface area contributed by atoms with E-state index in [1.807, 2.05) is 6.07 Å². The number of benzene rings is 1. The van der Waals surface area contributed by atoms with Crippen LogP contribution in [-0.2, 0) is 0 Å². The first kappa shape index (κ1) is 12.3. The molecule has 1 aromatic carbocycles. The maximum Gasteiger partial charge on any atom is 0.340 e. The molecular weight excluding hydrogens is 232 g/mol. The van der Waals surface area contributed by atoms with Crippen molar-refractivity contribution < 1.29 is 14.6 Å². The fraction of sp³-hybridized carbons (Fsp3) is 0.231. The quantitative estimate of drug-likeness (QED) is 0.783. The molecule has 1 heterocycles. The largest absolute Gasteiger partial charge is 0.491 e. The Morgan fingerprint density at radius 1 is 1.39 bits per heavy atom. The van der Waals surface area contributed by atoms with E-state index in [-0.39, 0.29) is 11.3 Å². The van der Waals surface area contributed by atoms with Crippen LogP contribution in [0, 0.1) is 0 Å². The second kappa shape index (κ2) is 5.46. The molecule has 0 spiro atoms. The maximum absolute atomic E-state index is 11.3. The van der Waals surface area contributed by atoms with Crippen molar-refractivity contribution in [3.63, 3.8) is 0 Å². The minimum absolute atomic E-state index is 0.151. The molecule has 0 bridgehead atoms. The summed E-state index contributed by atoms with van der Waals surface area (Å²) in [5, 5.41) is 9.87. The van der Waals surface area contributed by atoms with Crippen LogP contribution < -0.4 is 10.5 Å². The Bertz CT molecular complexity index is 569. The first-order valence-electron chi connectivity index (χ1n) is 5.68. The van der Waals surface area contributed by atoms with Gasteiger partial charge in [-0.1, -0.05) is 18.2 Å². The number of fused-ring (bicyclic) bond motifs is 1. The smallest absolute Gasteiger partial charge is 0.340 e. The molecular formula is C13H14N2O3. The number of carboxylic acids is 1. The number of carboxylic acid groups (broad SMARTS) is 1. The lowest BCUT2D eigenvalue weighted by molar-refractivity contribution is 0.0694. The summed E-state index contributed by atoms with van der Waals surface area (Å²) < 4.78 is 5.42. The molecule has 2 aromatic rings. The lowest BCUT2D eigenvalue weighted by Gasteiger charge is -2.10. The SMILES string of the molecule is NCCCOc1cnc2ccccc2c1C(=O)O. The summed E-state index contributed by atoms with van der Waals surface area (Å²) in [5.74, 6) is -0.731. The third-order valence-electron chi connectivity index (χ3n) is 2.56. The molecule has 0 aliphatic rings. The van der Waals surface area contributed by atoms with E-state index in [4.69, 9.17) is 10.5 Å². The number of hydrogen-bond acceptors (Lipinski definition) is 4. The third kappa shape index (κ3) is 2.41. The van der Waals surface area contributed by atoms with Crippen molar-refractivity contribution in [2.75, 3.05) is 13.2 Å². The van der Waals surface area contributed by atoms with Gasteiger partial charge in [-0.2, -0.15) is 0 Å². The van der Waals surface area contributed by atoms with Crippen molar-refractivity contribution in [1.29, 1.82) is 0 Å². The van der Waals surface area contributed by atoms with Crippen molar-refractivity contribution >= 4 is 16.9 Å². The van der Waals surface area contributed by atoms with Crippen LogP contribution in [0.15, 0.2) is 30.5 Å². The maximum atomic E-state index is 11.3. The lowest BCUT2D eigenvalue weighted by Crippen LogP contribution is -2.09. The number of nitrogens with zero attached hydrogens (tertiary/aromatic N) is 1. The van der Waals surface area contributed by atoms with E-state index in [9.17, 15) is 9.90 Å². The second-order valence-electron chi connectivity index (χ2n) is 3.81. The molecule has 0 unspecified atom stereocenters. The van der Waals surface area contributed by atoms with Gasteiger partial charge >= 0.3 is 5.97 Å². The standard InChI is InChI=1S/C13H14N2O3/c14-6-3-7-18-11-8-15-10-5-2-1-4-9(10)12(11)13(16)17/h1-2,4-5,8H,3,6-7,14H2,(H,16,17). The zero-order valence-corrected chi connectivity index (χ0v) is 9.80. The van der Waals surface area contributed by atoms with Crippen LogP contribution in [0.5, 0.6) is 5.75 Å². The van der Waals surface area contributed by atoms with E-state index in [1.165, 1.54) is 6.20 Å². The number of carbonyl (C=O) groups is 1. The van der Waals surface area contributed by atoms with Gasteiger partial charge in [-0.05, 0) is 19.0 Å². The Kier molecular flexibility index (Phi) is 3.74. The summed E-state index contributed by atoms with van der Waals surface area (Å²) in [5.41, 5.74) is 6.16. The molecule has 0 atom stereocenters. The third-order valence-corrected chi connectivity index (χ3v) is 2.56. The van der Waals surface area contributed by atoms with Gasteiger partial charge in [-0.25, -0.2) is 4.79 Å². The number of nitrogens with two attached hydrogens (primary N) is 1.